The molecule has 0 aliphatic heterocycles. The van der Waals surface area contributed by atoms with Gasteiger partial charge in [0.05, 0.1) is 6.54 Å². The van der Waals surface area contributed by atoms with Crippen LogP contribution in [0.2, 0.25) is 0 Å². The Balaban J connectivity index is 2.57. The first-order valence-corrected chi connectivity index (χ1v) is 4.27. The van der Waals surface area contributed by atoms with Crippen molar-refractivity contribution in [3.8, 4) is 0 Å². The van der Waals surface area contributed by atoms with Gasteiger partial charge in [0.2, 0.25) is 0 Å². The lowest BCUT2D eigenvalue weighted by molar-refractivity contribution is 0.100. The van der Waals surface area contributed by atoms with E-state index in [9.17, 15) is 4.79 Å². The van der Waals surface area contributed by atoms with Crippen molar-refractivity contribution in [3.05, 3.63) is 29.7 Å². The number of hydrogen-bond acceptors (Lipinski definition) is 4. The molecular weight excluding hydrogens is 180 g/mol. The number of aromatic nitrogens is 3. The van der Waals surface area contributed by atoms with Crippen molar-refractivity contribution >= 4 is 11.4 Å². The van der Waals surface area contributed by atoms with Gasteiger partial charge in [-0.2, -0.15) is 0 Å². The van der Waals surface area contributed by atoms with Gasteiger partial charge in [-0.1, -0.05) is 0 Å². The molecular formula is C9H10N4O. The Hall–Kier alpha value is -1.75. The maximum atomic E-state index is 11.3. The molecule has 0 fully saturated rings. The maximum Gasteiger partial charge on any atom is 0.176 e. The standard InChI is InChI=1S/C9H10N4O/c1-6-11-12-9-4-7(8(14)5-10)2-3-13(6)9/h2-4H,5,10H2,1H3. The number of rotatable bonds is 2. The van der Waals surface area contributed by atoms with E-state index in [0.29, 0.717) is 11.2 Å². The highest BCUT2D eigenvalue weighted by Crippen LogP contribution is 2.06. The van der Waals surface area contributed by atoms with Gasteiger partial charge < -0.3 is 5.73 Å². The molecule has 0 aliphatic rings. The minimum absolute atomic E-state index is 0.0172. The summed E-state index contributed by atoms with van der Waals surface area (Å²) in [7, 11) is 0. The van der Waals surface area contributed by atoms with E-state index in [-0.39, 0.29) is 12.3 Å². The fraction of sp³-hybridized carbons (Fsp3) is 0.222. The zero-order valence-electron chi connectivity index (χ0n) is 7.77. The number of pyridine rings is 1. The first-order chi connectivity index (χ1) is 6.72. The molecule has 0 spiro atoms. The van der Waals surface area contributed by atoms with Crippen molar-refractivity contribution in [2.75, 3.05) is 6.54 Å². The van der Waals surface area contributed by atoms with E-state index >= 15 is 0 Å². The number of hydrogen-bond donors (Lipinski definition) is 1. The van der Waals surface area contributed by atoms with Crippen LogP contribution in [0.25, 0.3) is 5.65 Å². The second kappa shape index (κ2) is 3.19. The maximum absolute atomic E-state index is 11.3. The summed E-state index contributed by atoms with van der Waals surface area (Å²) < 4.78 is 1.81. The van der Waals surface area contributed by atoms with Crippen molar-refractivity contribution in [2.45, 2.75) is 6.92 Å². The lowest BCUT2D eigenvalue weighted by Gasteiger charge is -1.98. The van der Waals surface area contributed by atoms with Crippen LogP contribution in [0.5, 0.6) is 0 Å². The molecule has 14 heavy (non-hydrogen) atoms. The summed E-state index contributed by atoms with van der Waals surface area (Å²) in [5.41, 5.74) is 6.51. The number of nitrogens with two attached hydrogens (primary N) is 1. The smallest absolute Gasteiger partial charge is 0.176 e. The van der Waals surface area contributed by atoms with Crippen LogP contribution in [0, 0.1) is 6.92 Å². The summed E-state index contributed by atoms with van der Waals surface area (Å²) in [6.45, 7) is 1.87. The molecule has 5 heteroatoms. The molecule has 0 saturated heterocycles. The fourth-order valence-electron chi connectivity index (χ4n) is 1.30. The van der Waals surface area contributed by atoms with Crippen LogP contribution >= 0.6 is 0 Å². The topological polar surface area (TPSA) is 73.3 Å². The number of aryl methyl sites for hydroxylation is 1. The van der Waals surface area contributed by atoms with E-state index in [0.717, 1.165) is 5.82 Å². The molecule has 0 radical (unpaired) electrons. The highest BCUT2D eigenvalue weighted by Gasteiger charge is 2.06. The van der Waals surface area contributed by atoms with E-state index < -0.39 is 0 Å². The second-order valence-electron chi connectivity index (χ2n) is 3.02. The van der Waals surface area contributed by atoms with Gasteiger partial charge in [0.25, 0.3) is 0 Å². The van der Waals surface area contributed by atoms with Crippen molar-refractivity contribution in [1.82, 2.24) is 14.6 Å². The zero-order valence-corrected chi connectivity index (χ0v) is 7.77. The van der Waals surface area contributed by atoms with Crippen molar-refractivity contribution < 1.29 is 4.79 Å². The third-order valence-corrected chi connectivity index (χ3v) is 2.09. The number of fused-ring (bicyclic) bond motifs is 1. The largest absolute Gasteiger partial charge is 0.324 e. The average Bonchev–Trinajstić information content (AvgIpc) is 2.59. The van der Waals surface area contributed by atoms with E-state index in [1.807, 2.05) is 11.3 Å². The van der Waals surface area contributed by atoms with Crippen LogP contribution in [-0.4, -0.2) is 26.9 Å². The fourth-order valence-corrected chi connectivity index (χ4v) is 1.30. The Morgan fingerprint density at radius 3 is 3.07 bits per heavy atom. The molecule has 0 aliphatic carbocycles. The van der Waals surface area contributed by atoms with Crippen molar-refractivity contribution in [2.24, 2.45) is 5.73 Å². The summed E-state index contributed by atoms with van der Waals surface area (Å²) in [6.07, 6.45) is 1.77. The van der Waals surface area contributed by atoms with Gasteiger partial charge in [0, 0.05) is 11.8 Å². The number of ketones is 1. The molecule has 2 N–H and O–H groups in total. The Bertz CT molecular complexity index is 489. The SMILES string of the molecule is Cc1nnc2cc(C(=O)CN)ccn12. The van der Waals surface area contributed by atoms with Gasteiger partial charge in [0.15, 0.2) is 11.4 Å². The minimum atomic E-state index is -0.0897. The number of Topliss-reactive ketones (excluding diaryl/α,β-unsaturated/α-hetero) is 1. The van der Waals surface area contributed by atoms with Crippen LogP contribution in [-0.2, 0) is 0 Å². The van der Waals surface area contributed by atoms with E-state index in [2.05, 4.69) is 10.2 Å². The third-order valence-electron chi connectivity index (χ3n) is 2.09. The molecule has 0 atom stereocenters. The van der Waals surface area contributed by atoms with Gasteiger partial charge in [-0.15, -0.1) is 10.2 Å². The molecule has 0 saturated carbocycles. The highest BCUT2D eigenvalue weighted by molar-refractivity contribution is 5.98. The monoisotopic (exact) mass is 190 g/mol. The van der Waals surface area contributed by atoms with Crippen molar-refractivity contribution in [1.29, 1.82) is 0 Å². The van der Waals surface area contributed by atoms with E-state index in [1.54, 1.807) is 18.3 Å². The normalized spacial score (nSPS) is 10.7. The van der Waals surface area contributed by atoms with Crippen molar-refractivity contribution in [3.63, 3.8) is 0 Å². The minimum Gasteiger partial charge on any atom is -0.324 e. The summed E-state index contributed by atoms with van der Waals surface area (Å²) in [6, 6.07) is 3.41. The number of carbonyl (C=O) groups excluding carboxylic acids is 1. The van der Waals surface area contributed by atoms with Crippen LogP contribution in [0.1, 0.15) is 16.2 Å². The summed E-state index contributed by atoms with van der Waals surface area (Å²) in [5, 5.41) is 7.81. The predicted molar refractivity (Wildman–Crippen MR) is 51.1 cm³/mol. The molecule has 0 bridgehead atoms. The lowest BCUT2D eigenvalue weighted by atomic mass is 10.2. The molecule has 5 nitrogen and oxygen atoms in total. The Kier molecular flexibility index (Phi) is 2.01. The number of carbonyl (C=O) groups is 1. The van der Waals surface area contributed by atoms with Gasteiger partial charge in [-0.25, -0.2) is 0 Å². The quantitative estimate of drug-likeness (QED) is 0.685. The highest BCUT2D eigenvalue weighted by atomic mass is 16.1. The van der Waals surface area contributed by atoms with E-state index in [1.165, 1.54) is 0 Å². The summed E-state index contributed by atoms with van der Waals surface area (Å²) in [5.74, 6) is 0.708. The summed E-state index contributed by atoms with van der Waals surface area (Å²) in [4.78, 5) is 11.3. The van der Waals surface area contributed by atoms with Crippen LogP contribution < -0.4 is 5.73 Å². The van der Waals surface area contributed by atoms with Gasteiger partial charge in [-0.3, -0.25) is 9.20 Å². The first-order valence-electron chi connectivity index (χ1n) is 4.27. The summed E-state index contributed by atoms with van der Waals surface area (Å²) >= 11 is 0. The van der Waals surface area contributed by atoms with E-state index in [4.69, 9.17) is 5.73 Å². The van der Waals surface area contributed by atoms with Crippen LogP contribution in [0.3, 0.4) is 0 Å². The average molecular weight is 190 g/mol. The third kappa shape index (κ3) is 1.27. The molecule has 2 aromatic heterocycles. The molecule has 0 aromatic carbocycles. The molecule has 2 aromatic rings. The molecule has 0 unspecified atom stereocenters. The zero-order chi connectivity index (χ0) is 10.1. The predicted octanol–water partition coefficient (Wildman–Crippen LogP) is 0.179. The molecule has 72 valence electrons. The Morgan fingerprint density at radius 2 is 2.36 bits per heavy atom. The molecule has 0 amide bonds. The van der Waals surface area contributed by atoms with Gasteiger partial charge >= 0.3 is 0 Å². The second-order valence-corrected chi connectivity index (χ2v) is 3.02. The Labute approximate surface area is 80.6 Å². The Morgan fingerprint density at radius 1 is 1.57 bits per heavy atom. The van der Waals surface area contributed by atoms with Gasteiger partial charge in [0.1, 0.15) is 5.82 Å². The number of nitrogens with zero attached hydrogens (tertiary/aromatic N) is 3. The van der Waals surface area contributed by atoms with Crippen LogP contribution in [0.15, 0.2) is 18.3 Å². The molecule has 2 rings (SSSR count). The first kappa shape index (κ1) is 8.83. The van der Waals surface area contributed by atoms with Gasteiger partial charge in [-0.05, 0) is 19.1 Å². The molecule has 2 heterocycles. The van der Waals surface area contributed by atoms with Crippen LogP contribution in [0.4, 0.5) is 0 Å². The lowest BCUT2D eigenvalue weighted by Crippen LogP contribution is -2.13.